The van der Waals surface area contributed by atoms with E-state index in [1.54, 1.807) is 0 Å². The van der Waals surface area contributed by atoms with Gasteiger partial charge in [0, 0.05) is 29.5 Å². The maximum Gasteiger partial charge on any atom is 0.137 e. The van der Waals surface area contributed by atoms with Crippen LogP contribution in [0.25, 0.3) is 5.65 Å². The first kappa shape index (κ1) is 13.3. The molecule has 0 saturated heterocycles. The number of nitrogens with zero attached hydrogens (tertiary/aromatic N) is 2. The molecule has 1 unspecified atom stereocenters. The number of halogens is 1. The Morgan fingerprint density at radius 1 is 1.20 bits per heavy atom. The van der Waals surface area contributed by atoms with Gasteiger partial charge in [0.25, 0.3) is 0 Å². The Morgan fingerprint density at radius 2 is 2.00 bits per heavy atom. The quantitative estimate of drug-likeness (QED) is 0.785. The minimum absolute atomic E-state index is 0.274. The van der Waals surface area contributed by atoms with Gasteiger partial charge in [0.2, 0.25) is 0 Å². The summed E-state index contributed by atoms with van der Waals surface area (Å²) < 4.78 is 3.18. The molecule has 0 spiro atoms. The average Bonchev–Trinajstić information content (AvgIpc) is 2.88. The van der Waals surface area contributed by atoms with Crippen molar-refractivity contribution in [2.24, 2.45) is 0 Å². The van der Waals surface area contributed by atoms with E-state index in [1.165, 1.54) is 5.56 Å². The standard InChI is InChI=1S/C16H16BrN3/c1-12(14-6-2-3-7-15(14)17)18-10-13-11-20-9-5-4-8-16(20)19-13/h2-9,11-12,18H,10H2,1H3. The maximum absolute atomic E-state index is 4.59. The smallest absolute Gasteiger partial charge is 0.137 e. The fourth-order valence-corrected chi connectivity index (χ4v) is 2.89. The van der Waals surface area contributed by atoms with Gasteiger partial charge in [0.1, 0.15) is 5.65 Å². The third-order valence-electron chi connectivity index (χ3n) is 3.37. The number of nitrogens with one attached hydrogen (secondary N) is 1. The Balaban J connectivity index is 1.71. The fraction of sp³-hybridized carbons (Fsp3) is 0.188. The van der Waals surface area contributed by atoms with Crippen molar-refractivity contribution in [3.05, 3.63) is 70.6 Å². The molecule has 0 amide bonds. The van der Waals surface area contributed by atoms with Crippen molar-refractivity contribution in [2.75, 3.05) is 0 Å². The van der Waals surface area contributed by atoms with Crippen LogP contribution in [0.4, 0.5) is 0 Å². The molecule has 0 saturated carbocycles. The number of benzene rings is 1. The van der Waals surface area contributed by atoms with Gasteiger partial charge in [-0.3, -0.25) is 0 Å². The molecular formula is C16H16BrN3. The first-order valence-electron chi connectivity index (χ1n) is 6.64. The summed E-state index contributed by atoms with van der Waals surface area (Å²) in [6.07, 6.45) is 4.08. The third-order valence-corrected chi connectivity index (χ3v) is 4.10. The Morgan fingerprint density at radius 3 is 2.80 bits per heavy atom. The van der Waals surface area contributed by atoms with Crippen LogP contribution in [0.2, 0.25) is 0 Å². The van der Waals surface area contributed by atoms with E-state index in [0.717, 1.165) is 22.4 Å². The first-order chi connectivity index (χ1) is 9.74. The largest absolute Gasteiger partial charge is 0.307 e. The van der Waals surface area contributed by atoms with E-state index in [-0.39, 0.29) is 6.04 Å². The van der Waals surface area contributed by atoms with Crippen LogP contribution in [0.3, 0.4) is 0 Å². The third kappa shape index (κ3) is 2.76. The lowest BCUT2D eigenvalue weighted by Crippen LogP contribution is -2.18. The molecule has 0 aliphatic heterocycles. The highest BCUT2D eigenvalue weighted by atomic mass is 79.9. The van der Waals surface area contributed by atoms with Gasteiger partial charge in [0.15, 0.2) is 0 Å². The fourth-order valence-electron chi connectivity index (χ4n) is 2.27. The number of rotatable bonds is 4. The van der Waals surface area contributed by atoms with Gasteiger partial charge >= 0.3 is 0 Å². The monoisotopic (exact) mass is 329 g/mol. The number of imidazole rings is 1. The predicted octanol–water partition coefficient (Wildman–Crippen LogP) is 3.95. The van der Waals surface area contributed by atoms with Crippen LogP contribution in [0.15, 0.2) is 59.3 Å². The van der Waals surface area contributed by atoms with Crippen LogP contribution >= 0.6 is 15.9 Å². The summed E-state index contributed by atoms with van der Waals surface area (Å²) in [7, 11) is 0. The molecular weight excluding hydrogens is 314 g/mol. The van der Waals surface area contributed by atoms with Gasteiger partial charge in [-0.2, -0.15) is 0 Å². The highest BCUT2D eigenvalue weighted by Crippen LogP contribution is 2.22. The Bertz CT molecular complexity index is 687. The molecule has 1 aromatic carbocycles. The molecule has 1 atom stereocenters. The van der Waals surface area contributed by atoms with Crippen molar-refractivity contribution in [3.8, 4) is 0 Å². The molecule has 0 bridgehead atoms. The highest BCUT2D eigenvalue weighted by Gasteiger charge is 2.09. The van der Waals surface area contributed by atoms with Gasteiger partial charge < -0.3 is 9.72 Å². The van der Waals surface area contributed by atoms with Crippen molar-refractivity contribution in [1.82, 2.24) is 14.7 Å². The zero-order valence-corrected chi connectivity index (χ0v) is 12.8. The molecule has 1 N–H and O–H groups in total. The van der Waals surface area contributed by atoms with Crippen LogP contribution in [-0.4, -0.2) is 9.38 Å². The number of hydrogen-bond acceptors (Lipinski definition) is 2. The van der Waals surface area contributed by atoms with E-state index >= 15 is 0 Å². The summed E-state index contributed by atoms with van der Waals surface area (Å²) in [6, 6.07) is 14.6. The van der Waals surface area contributed by atoms with E-state index in [9.17, 15) is 0 Å². The Kier molecular flexibility index (Phi) is 3.85. The van der Waals surface area contributed by atoms with Gasteiger partial charge in [-0.15, -0.1) is 0 Å². The second-order valence-corrected chi connectivity index (χ2v) is 5.68. The van der Waals surface area contributed by atoms with Crippen molar-refractivity contribution in [1.29, 1.82) is 0 Å². The molecule has 0 fully saturated rings. The SMILES string of the molecule is CC(NCc1cn2ccccc2n1)c1ccccc1Br. The zero-order valence-electron chi connectivity index (χ0n) is 11.3. The summed E-state index contributed by atoms with van der Waals surface area (Å²) in [6.45, 7) is 2.92. The van der Waals surface area contributed by atoms with Crippen LogP contribution in [0.5, 0.6) is 0 Å². The van der Waals surface area contributed by atoms with Crippen LogP contribution in [0.1, 0.15) is 24.2 Å². The lowest BCUT2D eigenvalue weighted by molar-refractivity contribution is 0.567. The molecule has 2 aromatic heterocycles. The van der Waals surface area contributed by atoms with Gasteiger partial charge in [-0.05, 0) is 30.7 Å². The Labute approximate surface area is 126 Å². The molecule has 0 aliphatic rings. The molecule has 3 aromatic rings. The molecule has 3 rings (SSSR count). The highest BCUT2D eigenvalue weighted by molar-refractivity contribution is 9.10. The van der Waals surface area contributed by atoms with Crippen molar-refractivity contribution >= 4 is 21.6 Å². The predicted molar refractivity (Wildman–Crippen MR) is 84.6 cm³/mol. The Hall–Kier alpha value is -1.65. The lowest BCUT2D eigenvalue weighted by atomic mass is 10.1. The van der Waals surface area contributed by atoms with Crippen LogP contribution in [-0.2, 0) is 6.54 Å². The van der Waals surface area contributed by atoms with E-state index < -0.39 is 0 Å². The number of hydrogen-bond donors (Lipinski definition) is 1. The maximum atomic E-state index is 4.59. The molecule has 2 heterocycles. The van der Waals surface area contributed by atoms with Crippen LogP contribution < -0.4 is 5.32 Å². The number of aromatic nitrogens is 2. The second-order valence-electron chi connectivity index (χ2n) is 4.82. The van der Waals surface area contributed by atoms with Gasteiger partial charge in [0.05, 0.1) is 5.69 Å². The number of pyridine rings is 1. The van der Waals surface area contributed by atoms with Crippen molar-refractivity contribution in [2.45, 2.75) is 19.5 Å². The van der Waals surface area contributed by atoms with E-state index in [0.29, 0.717) is 0 Å². The van der Waals surface area contributed by atoms with Gasteiger partial charge in [-0.1, -0.05) is 40.2 Å². The second kappa shape index (κ2) is 5.77. The van der Waals surface area contributed by atoms with E-state index in [1.807, 2.05) is 34.9 Å². The minimum Gasteiger partial charge on any atom is -0.307 e. The topological polar surface area (TPSA) is 29.3 Å². The van der Waals surface area contributed by atoms with E-state index in [2.05, 4.69) is 57.6 Å². The summed E-state index contributed by atoms with van der Waals surface area (Å²) in [4.78, 5) is 4.59. The summed E-state index contributed by atoms with van der Waals surface area (Å²) >= 11 is 3.59. The number of fused-ring (bicyclic) bond motifs is 1. The first-order valence-corrected chi connectivity index (χ1v) is 7.44. The summed E-state index contributed by atoms with van der Waals surface area (Å²) in [5, 5.41) is 3.51. The zero-order chi connectivity index (χ0) is 13.9. The molecule has 3 nitrogen and oxygen atoms in total. The lowest BCUT2D eigenvalue weighted by Gasteiger charge is -2.14. The van der Waals surface area contributed by atoms with Gasteiger partial charge in [-0.25, -0.2) is 4.98 Å². The minimum atomic E-state index is 0.274. The van der Waals surface area contributed by atoms with E-state index in [4.69, 9.17) is 0 Å². The molecule has 0 aliphatic carbocycles. The summed E-state index contributed by atoms with van der Waals surface area (Å²) in [5.74, 6) is 0. The van der Waals surface area contributed by atoms with Crippen molar-refractivity contribution in [3.63, 3.8) is 0 Å². The molecule has 102 valence electrons. The van der Waals surface area contributed by atoms with Crippen molar-refractivity contribution < 1.29 is 0 Å². The normalized spacial score (nSPS) is 12.7. The molecule has 0 radical (unpaired) electrons. The molecule has 4 heteroatoms. The average molecular weight is 330 g/mol. The molecule has 20 heavy (non-hydrogen) atoms. The summed E-state index contributed by atoms with van der Waals surface area (Å²) in [5.41, 5.74) is 3.30. The van der Waals surface area contributed by atoms with Crippen LogP contribution in [0, 0.1) is 0 Å².